The SMILES string of the molecule is O=C(Nc1cnoc1)c1cn2cc(-c3ncco3)ccc2n1. The van der Waals surface area contributed by atoms with Gasteiger partial charge in [-0.3, -0.25) is 4.79 Å². The number of pyridine rings is 1. The second-order valence-corrected chi connectivity index (χ2v) is 4.51. The van der Waals surface area contributed by atoms with Crippen LogP contribution in [0.15, 0.2) is 58.4 Å². The highest BCUT2D eigenvalue weighted by Gasteiger charge is 2.13. The molecular formula is C14H9N5O3. The van der Waals surface area contributed by atoms with Crippen LogP contribution in [-0.4, -0.2) is 25.4 Å². The van der Waals surface area contributed by atoms with E-state index in [9.17, 15) is 4.79 Å². The maximum atomic E-state index is 12.1. The molecule has 4 heterocycles. The minimum atomic E-state index is -0.343. The van der Waals surface area contributed by atoms with Gasteiger partial charge in [-0.1, -0.05) is 5.16 Å². The third-order valence-corrected chi connectivity index (χ3v) is 3.05. The summed E-state index contributed by atoms with van der Waals surface area (Å²) in [6.07, 6.45) is 9.26. The minimum Gasteiger partial charge on any atom is -0.444 e. The van der Waals surface area contributed by atoms with Gasteiger partial charge >= 0.3 is 0 Å². The van der Waals surface area contributed by atoms with E-state index in [1.807, 2.05) is 6.07 Å². The third kappa shape index (κ3) is 2.12. The molecule has 0 bridgehead atoms. The van der Waals surface area contributed by atoms with E-state index in [-0.39, 0.29) is 11.6 Å². The molecule has 0 atom stereocenters. The lowest BCUT2D eigenvalue weighted by Gasteiger charge is -1.96. The fraction of sp³-hybridized carbons (Fsp3) is 0. The first-order chi connectivity index (χ1) is 10.8. The molecule has 0 aliphatic heterocycles. The molecule has 0 unspecified atom stereocenters. The van der Waals surface area contributed by atoms with Crippen LogP contribution in [0.1, 0.15) is 10.5 Å². The molecule has 0 aromatic carbocycles. The number of carbonyl (C=O) groups excluding carboxylic acids is 1. The van der Waals surface area contributed by atoms with Gasteiger partial charge in [0, 0.05) is 12.4 Å². The van der Waals surface area contributed by atoms with Crippen molar-refractivity contribution in [1.82, 2.24) is 19.5 Å². The second-order valence-electron chi connectivity index (χ2n) is 4.51. The van der Waals surface area contributed by atoms with E-state index >= 15 is 0 Å². The van der Waals surface area contributed by atoms with Crippen molar-refractivity contribution < 1.29 is 13.7 Å². The Labute approximate surface area is 123 Å². The molecule has 22 heavy (non-hydrogen) atoms. The summed E-state index contributed by atoms with van der Waals surface area (Å²) in [7, 11) is 0. The van der Waals surface area contributed by atoms with E-state index in [1.54, 1.807) is 29.1 Å². The summed E-state index contributed by atoms with van der Waals surface area (Å²) in [4.78, 5) is 20.5. The molecule has 0 radical (unpaired) electrons. The lowest BCUT2D eigenvalue weighted by molar-refractivity contribution is 0.102. The molecule has 8 heteroatoms. The summed E-state index contributed by atoms with van der Waals surface area (Å²) in [6.45, 7) is 0. The Balaban J connectivity index is 1.67. The van der Waals surface area contributed by atoms with Gasteiger partial charge in [0.2, 0.25) is 5.89 Å². The summed E-state index contributed by atoms with van der Waals surface area (Å²) in [5.74, 6) is 0.163. The molecule has 0 aliphatic rings. The summed E-state index contributed by atoms with van der Waals surface area (Å²) < 4.78 is 11.6. The van der Waals surface area contributed by atoms with Crippen LogP contribution in [0, 0.1) is 0 Å². The van der Waals surface area contributed by atoms with Gasteiger partial charge in [0.25, 0.3) is 5.91 Å². The van der Waals surface area contributed by atoms with Crippen LogP contribution in [0.3, 0.4) is 0 Å². The lowest BCUT2D eigenvalue weighted by atomic mass is 10.3. The molecule has 1 N–H and O–H groups in total. The predicted molar refractivity (Wildman–Crippen MR) is 75.1 cm³/mol. The van der Waals surface area contributed by atoms with E-state index in [1.165, 1.54) is 18.7 Å². The van der Waals surface area contributed by atoms with Gasteiger partial charge in [-0.2, -0.15) is 0 Å². The Morgan fingerprint density at radius 2 is 2.23 bits per heavy atom. The quantitative estimate of drug-likeness (QED) is 0.622. The van der Waals surface area contributed by atoms with Crippen molar-refractivity contribution in [3.8, 4) is 11.5 Å². The standard InChI is InChI=1S/C14H9N5O3/c20-13(17-10-5-16-22-8-10)11-7-19-6-9(1-2-12(19)18-11)14-15-3-4-21-14/h1-8H,(H,17,20). The van der Waals surface area contributed by atoms with Crippen molar-refractivity contribution in [2.24, 2.45) is 0 Å². The molecule has 0 aliphatic carbocycles. The Morgan fingerprint density at radius 3 is 3.00 bits per heavy atom. The molecule has 4 rings (SSSR count). The number of imidazole rings is 1. The van der Waals surface area contributed by atoms with Crippen LogP contribution in [0.4, 0.5) is 5.69 Å². The third-order valence-electron chi connectivity index (χ3n) is 3.05. The van der Waals surface area contributed by atoms with Crippen molar-refractivity contribution >= 4 is 17.2 Å². The average Bonchev–Trinajstić information content (AvgIpc) is 3.27. The monoisotopic (exact) mass is 295 g/mol. The zero-order chi connectivity index (χ0) is 14.9. The first-order valence-electron chi connectivity index (χ1n) is 6.39. The maximum Gasteiger partial charge on any atom is 0.276 e. The van der Waals surface area contributed by atoms with Crippen molar-refractivity contribution in [3.63, 3.8) is 0 Å². The Kier molecular flexibility index (Phi) is 2.72. The number of rotatable bonds is 3. The van der Waals surface area contributed by atoms with Crippen molar-refractivity contribution in [1.29, 1.82) is 0 Å². The van der Waals surface area contributed by atoms with Crippen LogP contribution in [0.25, 0.3) is 17.1 Å². The van der Waals surface area contributed by atoms with Crippen LogP contribution >= 0.6 is 0 Å². The number of nitrogens with one attached hydrogen (secondary N) is 1. The van der Waals surface area contributed by atoms with E-state index in [0.29, 0.717) is 17.2 Å². The molecule has 0 fully saturated rings. The second kappa shape index (κ2) is 4.85. The van der Waals surface area contributed by atoms with Crippen molar-refractivity contribution in [2.75, 3.05) is 5.32 Å². The zero-order valence-electron chi connectivity index (χ0n) is 11.1. The van der Waals surface area contributed by atoms with Gasteiger partial charge in [-0.25, -0.2) is 9.97 Å². The van der Waals surface area contributed by atoms with Crippen LogP contribution in [0.5, 0.6) is 0 Å². The predicted octanol–water partition coefficient (Wildman–Crippen LogP) is 2.23. The van der Waals surface area contributed by atoms with E-state index in [0.717, 1.165) is 5.56 Å². The number of oxazole rings is 1. The van der Waals surface area contributed by atoms with Crippen LogP contribution in [0.2, 0.25) is 0 Å². The van der Waals surface area contributed by atoms with Crippen molar-refractivity contribution in [3.05, 3.63) is 55.1 Å². The smallest absolute Gasteiger partial charge is 0.276 e. The summed E-state index contributed by atoms with van der Waals surface area (Å²) in [5, 5.41) is 6.16. The number of nitrogens with zero attached hydrogens (tertiary/aromatic N) is 4. The molecule has 4 aromatic rings. The number of anilines is 1. The van der Waals surface area contributed by atoms with Crippen molar-refractivity contribution in [2.45, 2.75) is 0 Å². The van der Waals surface area contributed by atoms with Crippen LogP contribution in [-0.2, 0) is 0 Å². The van der Waals surface area contributed by atoms with Gasteiger partial charge in [0.05, 0.1) is 18.0 Å². The molecule has 4 aromatic heterocycles. The molecule has 0 spiro atoms. The maximum absolute atomic E-state index is 12.1. The number of hydrogen-bond acceptors (Lipinski definition) is 6. The highest BCUT2D eigenvalue weighted by atomic mass is 16.5. The van der Waals surface area contributed by atoms with E-state index in [4.69, 9.17) is 4.42 Å². The van der Waals surface area contributed by atoms with Gasteiger partial charge < -0.3 is 18.7 Å². The topological polar surface area (TPSA) is 98.5 Å². The lowest BCUT2D eigenvalue weighted by Crippen LogP contribution is -2.11. The average molecular weight is 295 g/mol. The van der Waals surface area contributed by atoms with Gasteiger partial charge in [-0.15, -0.1) is 0 Å². The summed E-state index contributed by atoms with van der Waals surface area (Å²) in [5.41, 5.74) is 2.19. The van der Waals surface area contributed by atoms with Gasteiger partial charge in [-0.05, 0) is 12.1 Å². The largest absolute Gasteiger partial charge is 0.444 e. The fourth-order valence-corrected chi connectivity index (χ4v) is 2.06. The number of amides is 1. The van der Waals surface area contributed by atoms with E-state index < -0.39 is 0 Å². The Morgan fingerprint density at radius 1 is 1.27 bits per heavy atom. The number of hydrogen-bond donors (Lipinski definition) is 1. The van der Waals surface area contributed by atoms with Gasteiger partial charge in [0.15, 0.2) is 0 Å². The minimum absolute atomic E-state index is 0.283. The number of carbonyl (C=O) groups is 1. The normalized spacial score (nSPS) is 10.9. The Hall–Kier alpha value is -3.42. The summed E-state index contributed by atoms with van der Waals surface area (Å²) >= 11 is 0. The molecule has 0 saturated carbocycles. The fourth-order valence-electron chi connectivity index (χ4n) is 2.06. The van der Waals surface area contributed by atoms with Crippen LogP contribution < -0.4 is 5.32 Å². The molecule has 8 nitrogen and oxygen atoms in total. The highest BCUT2D eigenvalue weighted by Crippen LogP contribution is 2.18. The molecular weight excluding hydrogens is 286 g/mol. The highest BCUT2D eigenvalue weighted by molar-refractivity contribution is 6.03. The zero-order valence-corrected chi connectivity index (χ0v) is 11.1. The molecule has 108 valence electrons. The first kappa shape index (κ1) is 12.3. The van der Waals surface area contributed by atoms with E-state index in [2.05, 4.69) is 25.0 Å². The number of aromatic nitrogens is 4. The van der Waals surface area contributed by atoms with Gasteiger partial charge in [0.1, 0.15) is 29.6 Å². The summed E-state index contributed by atoms with van der Waals surface area (Å²) in [6, 6.07) is 3.62. The Bertz CT molecular complexity index is 925. The molecule has 0 saturated heterocycles. The number of fused-ring (bicyclic) bond motifs is 1. The first-order valence-corrected chi connectivity index (χ1v) is 6.39. The molecule has 1 amide bonds.